The van der Waals surface area contributed by atoms with Gasteiger partial charge in [0.1, 0.15) is 5.75 Å². The number of sulfonamides is 1. The average Bonchev–Trinajstić information content (AvgIpc) is 2.76. The van der Waals surface area contributed by atoms with E-state index in [-0.39, 0.29) is 17.3 Å². The summed E-state index contributed by atoms with van der Waals surface area (Å²) in [5.74, 6) is 0.0650. The third-order valence-electron chi connectivity index (χ3n) is 4.49. The monoisotopic (exact) mass is 424 g/mol. The molecule has 0 saturated heterocycles. The van der Waals surface area contributed by atoms with Crippen LogP contribution < -0.4 is 10.1 Å². The van der Waals surface area contributed by atoms with E-state index in [2.05, 4.69) is 5.32 Å². The molecule has 3 aromatic carbocycles. The van der Waals surface area contributed by atoms with Gasteiger partial charge in [-0.25, -0.2) is 8.42 Å². The molecular weight excluding hydrogens is 400 g/mol. The van der Waals surface area contributed by atoms with Crippen LogP contribution in [0, 0.1) is 0 Å². The van der Waals surface area contributed by atoms with Gasteiger partial charge in [0.05, 0.1) is 17.2 Å². The molecule has 30 heavy (non-hydrogen) atoms. The van der Waals surface area contributed by atoms with E-state index in [1.54, 1.807) is 30.3 Å². The fraction of sp³-hybridized carbons (Fsp3) is 0.174. The Bertz CT molecular complexity index is 1100. The molecule has 0 aliphatic rings. The first-order chi connectivity index (χ1) is 14.4. The van der Waals surface area contributed by atoms with Crippen molar-refractivity contribution in [1.29, 1.82) is 0 Å². The van der Waals surface area contributed by atoms with Crippen molar-refractivity contribution in [3.63, 3.8) is 0 Å². The van der Waals surface area contributed by atoms with Crippen molar-refractivity contribution in [1.82, 2.24) is 4.31 Å². The first-order valence-corrected chi connectivity index (χ1v) is 11.0. The van der Waals surface area contributed by atoms with Crippen LogP contribution in [0.3, 0.4) is 0 Å². The first kappa shape index (κ1) is 21.5. The van der Waals surface area contributed by atoms with Crippen LogP contribution in [0.2, 0.25) is 0 Å². The van der Waals surface area contributed by atoms with Gasteiger partial charge < -0.3 is 10.1 Å². The van der Waals surface area contributed by atoms with Gasteiger partial charge in [0.25, 0.3) is 5.91 Å². The Hall–Kier alpha value is -3.16. The van der Waals surface area contributed by atoms with E-state index in [0.717, 1.165) is 5.56 Å². The number of hydrogen-bond acceptors (Lipinski definition) is 4. The zero-order valence-electron chi connectivity index (χ0n) is 16.9. The summed E-state index contributed by atoms with van der Waals surface area (Å²) < 4.78 is 33.0. The quantitative estimate of drug-likeness (QED) is 0.589. The van der Waals surface area contributed by atoms with Gasteiger partial charge in [-0.1, -0.05) is 48.5 Å². The Kier molecular flexibility index (Phi) is 6.87. The van der Waals surface area contributed by atoms with E-state index in [4.69, 9.17) is 4.74 Å². The molecule has 0 spiro atoms. The number of nitrogens with one attached hydrogen (secondary N) is 1. The smallest absolute Gasteiger partial charge is 0.255 e. The lowest BCUT2D eigenvalue weighted by molar-refractivity contribution is 0.102. The SMILES string of the molecule is CCOc1ccc(S(=O)(=O)N(C)Cc2ccccc2)cc1NC(=O)c1ccccc1. The summed E-state index contributed by atoms with van der Waals surface area (Å²) in [6, 6.07) is 22.5. The Morgan fingerprint density at radius 1 is 0.967 bits per heavy atom. The fourth-order valence-electron chi connectivity index (χ4n) is 2.94. The molecule has 0 radical (unpaired) electrons. The normalized spacial score (nSPS) is 11.3. The molecule has 0 aliphatic heterocycles. The molecule has 0 saturated carbocycles. The summed E-state index contributed by atoms with van der Waals surface area (Å²) in [6.07, 6.45) is 0. The van der Waals surface area contributed by atoms with Crippen LogP contribution in [-0.2, 0) is 16.6 Å². The molecule has 156 valence electrons. The first-order valence-electron chi connectivity index (χ1n) is 9.55. The van der Waals surface area contributed by atoms with E-state index < -0.39 is 10.0 Å². The van der Waals surface area contributed by atoms with E-state index in [1.807, 2.05) is 43.3 Å². The number of nitrogens with zero attached hydrogens (tertiary/aromatic N) is 1. The second-order valence-electron chi connectivity index (χ2n) is 6.66. The molecule has 0 aromatic heterocycles. The minimum absolute atomic E-state index is 0.0766. The van der Waals surface area contributed by atoms with Crippen LogP contribution in [0.5, 0.6) is 5.75 Å². The van der Waals surface area contributed by atoms with Crippen molar-refractivity contribution in [2.24, 2.45) is 0 Å². The molecular formula is C23H24N2O4S. The summed E-state index contributed by atoms with van der Waals surface area (Å²) >= 11 is 0. The highest BCUT2D eigenvalue weighted by Crippen LogP contribution is 2.30. The molecule has 0 fully saturated rings. The molecule has 0 aliphatic carbocycles. The second-order valence-corrected chi connectivity index (χ2v) is 8.70. The Labute approximate surface area is 177 Å². The molecule has 0 heterocycles. The Balaban J connectivity index is 1.89. The van der Waals surface area contributed by atoms with Crippen LogP contribution in [0.15, 0.2) is 83.8 Å². The van der Waals surface area contributed by atoms with Crippen molar-refractivity contribution >= 4 is 21.6 Å². The number of ether oxygens (including phenoxy) is 1. The van der Waals surface area contributed by atoms with Gasteiger partial charge in [0.15, 0.2) is 0 Å². The molecule has 0 atom stereocenters. The maximum Gasteiger partial charge on any atom is 0.255 e. The van der Waals surface area contributed by atoms with Gasteiger partial charge in [-0.2, -0.15) is 4.31 Å². The number of carbonyl (C=O) groups is 1. The van der Waals surface area contributed by atoms with Crippen molar-refractivity contribution in [2.45, 2.75) is 18.4 Å². The van der Waals surface area contributed by atoms with Gasteiger partial charge in [-0.05, 0) is 42.8 Å². The van der Waals surface area contributed by atoms with Crippen molar-refractivity contribution in [3.05, 3.63) is 90.0 Å². The maximum absolute atomic E-state index is 13.1. The van der Waals surface area contributed by atoms with E-state index in [1.165, 1.54) is 23.5 Å². The zero-order valence-corrected chi connectivity index (χ0v) is 17.7. The molecule has 3 rings (SSSR count). The predicted octanol–water partition coefficient (Wildman–Crippen LogP) is 4.16. The van der Waals surface area contributed by atoms with Crippen molar-refractivity contribution in [2.75, 3.05) is 19.0 Å². The van der Waals surface area contributed by atoms with Gasteiger partial charge in [0, 0.05) is 19.2 Å². The molecule has 6 nitrogen and oxygen atoms in total. The number of hydrogen-bond donors (Lipinski definition) is 1. The van der Waals surface area contributed by atoms with E-state index in [9.17, 15) is 13.2 Å². The lowest BCUT2D eigenvalue weighted by Crippen LogP contribution is -2.26. The number of benzene rings is 3. The lowest BCUT2D eigenvalue weighted by atomic mass is 10.2. The number of rotatable bonds is 8. The predicted molar refractivity (Wildman–Crippen MR) is 117 cm³/mol. The summed E-state index contributed by atoms with van der Waals surface area (Å²) in [7, 11) is -2.24. The minimum atomic E-state index is -3.77. The van der Waals surface area contributed by atoms with Crippen LogP contribution in [0.1, 0.15) is 22.8 Å². The summed E-state index contributed by atoms with van der Waals surface area (Å²) in [5, 5.41) is 2.77. The molecule has 7 heteroatoms. The summed E-state index contributed by atoms with van der Waals surface area (Å²) in [6.45, 7) is 2.44. The highest BCUT2D eigenvalue weighted by atomic mass is 32.2. The van der Waals surface area contributed by atoms with Gasteiger partial charge in [-0.15, -0.1) is 0 Å². The number of amides is 1. The second kappa shape index (κ2) is 9.56. The Morgan fingerprint density at radius 2 is 1.60 bits per heavy atom. The number of carbonyl (C=O) groups excluding carboxylic acids is 1. The molecule has 3 aromatic rings. The summed E-state index contributed by atoms with van der Waals surface area (Å²) in [5.41, 5.74) is 1.65. The molecule has 0 unspecified atom stereocenters. The Morgan fingerprint density at radius 3 is 2.23 bits per heavy atom. The topological polar surface area (TPSA) is 75.7 Å². The third kappa shape index (κ3) is 5.06. The number of anilines is 1. The molecule has 0 bridgehead atoms. The summed E-state index contributed by atoms with van der Waals surface area (Å²) in [4.78, 5) is 12.7. The fourth-order valence-corrected chi connectivity index (χ4v) is 4.12. The largest absolute Gasteiger partial charge is 0.492 e. The van der Waals surface area contributed by atoms with Crippen molar-refractivity contribution < 1.29 is 17.9 Å². The lowest BCUT2D eigenvalue weighted by Gasteiger charge is -2.19. The average molecular weight is 425 g/mol. The zero-order chi connectivity index (χ0) is 21.6. The molecule has 1 amide bonds. The van der Waals surface area contributed by atoms with Crippen LogP contribution >= 0.6 is 0 Å². The molecule has 1 N–H and O–H groups in total. The minimum Gasteiger partial charge on any atom is -0.492 e. The van der Waals surface area contributed by atoms with Crippen LogP contribution in [0.4, 0.5) is 5.69 Å². The van der Waals surface area contributed by atoms with Gasteiger partial charge in [-0.3, -0.25) is 4.79 Å². The van der Waals surface area contributed by atoms with E-state index in [0.29, 0.717) is 23.6 Å². The highest BCUT2D eigenvalue weighted by Gasteiger charge is 2.23. The third-order valence-corrected chi connectivity index (χ3v) is 6.29. The van der Waals surface area contributed by atoms with Crippen LogP contribution in [-0.4, -0.2) is 32.3 Å². The van der Waals surface area contributed by atoms with Gasteiger partial charge >= 0.3 is 0 Å². The maximum atomic E-state index is 13.1. The standard InChI is InChI=1S/C23H24N2O4S/c1-3-29-22-15-14-20(16-21(22)24-23(26)19-12-8-5-9-13-19)30(27,28)25(2)17-18-10-6-4-7-11-18/h4-16H,3,17H2,1-2H3,(H,24,26). The van der Waals surface area contributed by atoms with E-state index >= 15 is 0 Å². The van der Waals surface area contributed by atoms with Crippen LogP contribution in [0.25, 0.3) is 0 Å². The van der Waals surface area contributed by atoms with Crippen molar-refractivity contribution in [3.8, 4) is 5.75 Å². The highest BCUT2D eigenvalue weighted by molar-refractivity contribution is 7.89. The van der Waals surface area contributed by atoms with Gasteiger partial charge in [0.2, 0.25) is 10.0 Å².